The van der Waals surface area contributed by atoms with E-state index in [2.05, 4.69) is 26.6 Å². The van der Waals surface area contributed by atoms with E-state index in [-0.39, 0.29) is 17.7 Å². The van der Waals surface area contributed by atoms with Gasteiger partial charge in [0.2, 0.25) is 0 Å². The molecule has 1 aliphatic heterocycles. The van der Waals surface area contributed by atoms with Gasteiger partial charge in [-0.1, -0.05) is 15.9 Å². The fraction of sp³-hybridized carbons (Fsp3) is 0.429. The number of carbonyl (C=O) groups is 2. The van der Waals surface area contributed by atoms with E-state index < -0.39 is 5.97 Å². The monoisotopic (exact) mass is 356 g/mol. The Balaban J connectivity index is 1.88. The molecule has 21 heavy (non-hydrogen) atoms. The molecule has 3 N–H and O–H groups in total. The number of carboxylic acid groups (broad SMARTS) is 1. The average molecular weight is 357 g/mol. The first-order valence-electron chi connectivity index (χ1n) is 6.75. The lowest BCUT2D eigenvalue weighted by Gasteiger charge is -2.22. The molecule has 1 unspecified atom stereocenters. The molecule has 0 spiro atoms. The normalized spacial score (nSPS) is 18.0. The zero-order valence-electron chi connectivity index (χ0n) is 11.4. The van der Waals surface area contributed by atoms with Crippen LogP contribution in [0.3, 0.4) is 0 Å². The molecule has 6 nitrogen and oxygen atoms in total. The molecular formula is C14H17BrN2O4. The lowest BCUT2D eigenvalue weighted by Crippen LogP contribution is -2.37. The molecule has 1 heterocycles. The predicted molar refractivity (Wildman–Crippen MR) is 81.7 cm³/mol. The van der Waals surface area contributed by atoms with Crippen molar-refractivity contribution < 1.29 is 19.4 Å². The number of urea groups is 1. The number of carboxylic acids is 1. The molecule has 0 aromatic heterocycles. The Morgan fingerprint density at radius 3 is 2.81 bits per heavy atom. The minimum atomic E-state index is -1.05. The first kappa shape index (κ1) is 15.8. The number of amides is 2. The van der Waals surface area contributed by atoms with Crippen LogP contribution in [0.4, 0.5) is 10.5 Å². The molecule has 0 radical (unpaired) electrons. The maximum atomic E-state index is 11.8. The third kappa shape index (κ3) is 5.02. The average Bonchev–Trinajstić information content (AvgIpc) is 2.45. The molecule has 1 atom stereocenters. The Hall–Kier alpha value is -1.60. The van der Waals surface area contributed by atoms with E-state index in [1.807, 2.05) is 0 Å². The summed E-state index contributed by atoms with van der Waals surface area (Å²) in [5, 5.41) is 14.3. The highest BCUT2D eigenvalue weighted by Crippen LogP contribution is 2.19. The molecule has 0 aliphatic carbocycles. The van der Waals surface area contributed by atoms with Gasteiger partial charge < -0.3 is 20.5 Å². The van der Waals surface area contributed by atoms with Crippen LogP contribution in [-0.4, -0.2) is 36.4 Å². The number of benzene rings is 1. The summed E-state index contributed by atoms with van der Waals surface area (Å²) in [6.07, 6.45) is 3.18. The molecule has 0 bridgehead atoms. The number of halogens is 1. The predicted octanol–water partition coefficient (Wildman–Crippen LogP) is 2.84. The van der Waals surface area contributed by atoms with Gasteiger partial charge >= 0.3 is 12.0 Å². The van der Waals surface area contributed by atoms with Crippen LogP contribution in [0.25, 0.3) is 0 Å². The largest absolute Gasteiger partial charge is 0.478 e. The fourth-order valence-electron chi connectivity index (χ4n) is 2.14. The number of ether oxygens (including phenoxy) is 1. The van der Waals surface area contributed by atoms with Crippen LogP contribution in [0.1, 0.15) is 29.6 Å². The highest BCUT2D eigenvalue weighted by atomic mass is 79.9. The zero-order chi connectivity index (χ0) is 15.2. The first-order chi connectivity index (χ1) is 10.0. The lowest BCUT2D eigenvalue weighted by molar-refractivity contribution is 0.0187. The fourth-order valence-corrected chi connectivity index (χ4v) is 2.63. The Morgan fingerprint density at radius 1 is 1.33 bits per heavy atom. The van der Waals surface area contributed by atoms with Crippen molar-refractivity contribution in [1.29, 1.82) is 0 Å². The molecule has 0 saturated carbocycles. The summed E-state index contributed by atoms with van der Waals surface area (Å²) < 4.78 is 6.11. The van der Waals surface area contributed by atoms with E-state index in [1.54, 1.807) is 6.07 Å². The van der Waals surface area contributed by atoms with Crippen molar-refractivity contribution in [3.05, 3.63) is 28.2 Å². The van der Waals surface area contributed by atoms with Crippen molar-refractivity contribution in [2.45, 2.75) is 25.4 Å². The van der Waals surface area contributed by atoms with Gasteiger partial charge in [0.25, 0.3) is 0 Å². The molecule has 2 rings (SSSR count). The molecule has 1 aliphatic rings. The number of hydrogen-bond donors (Lipinski definition) is 3. The second-order valence-corrected chi connectivity index (χ2v) is 5.77. The van der Waals surface area contributed by atoms with Gasteiger partial charge in [-0.15, -0.1) is 0 Å². The smallest absolute Gasteiger partial charge is 0.335 e. The van der Waals surface area contributed by atoms with Crippen LogP contribution in [0.5, 0.6) is 0 Å². The first-order valence-corrected chi connectivity index (χ1v) is 7.54. The molecular weight excluding hydrogens is 340 g/mol. The Bertz CT molecular complexity index is 530. The Labute approximate surface area is 131 Å². The van der Waals surface area contributed by atoms with Crippen molar-refractivity contribution in [3.63, 3.8) is 0 Å². The third-order valence-corrected chi connectivity index (χ3v) is 3.62. The summed E-state index contributed by atoms with van der Waals surface area (Å²) in [7, 11) is 0. The quantitative estimate of drug-likeness (QED) is 0.773. The minimum absolute atomic E-state index is 0.0570. The van der Waals surface area contributed by atoms with Crippen molar-refractivity contribution in [3.8, 4) is 0 Å². The Kier molecular flexibility index (Phi) is 5.58. The lowest BCUT2D eigenvalue weighted by atomic mass is 10.1. The summed E-state index contributed by atoms with van der Waals surface area (Å²) in [6.45, 7) is 1.19. The number of carbonyl (C=O) groups excluding carboxylic acids is 1. The van der Waals surface area contributed by atoms with Gasteiger partial charge in [0, 0.05) is 23.3 Å². The van der Waals surface area contributed by atoms with Gasteiger partial charge in [-0.2, -0.15) is 0 Å². The second kappa shape index (κ2) is 7.42. The second-order valence-electron chi connectivity index (χ2n) is 4.86. The summed E-state index contributed by atoms with van der Waals surface area (Å²) in [4.78, 5) is 22.8. The van der Waals surface area contributed by atoms with E-state index in [0.29, 0.717) is 16.7 Å². The molecule has 1 fully saturated rings. The van der Waals surface area contributed by atoms with Gasteiger partial charge in [-0.05, 0) is 37.5 Å². The van der Waals surface area contributed by atoms with Crippen LogP contribution in [-0.2, 0) is 4.74 Å². The third-order valence-electron chi connectivity index (χ3n) is 3.17. The van der Waals surface area contributed by atoms with E-state index in [1.165, 1.54) is 12.1 Å². The van der Waals surface area contributed by atoms with Crippen molar-refractivity contribution in [1.82, 2.24) is 5.32 Å². The summed E-state index contributed by atoms with van der Waals surface area (Å²) in [6, 6.07) is 4.15. The molecule has 1 aromatic rings. The minimum Gasteiger partial charge on any atom is -0.478 e. The van der Waals surface area contributed by atoms with Crippen LogP contribution in [0.15, 0.2) is 22.7 Å². The number of anilines is 1. The van der Waals surface area contributed by atoms with Crippen molar-refractivity contribution in [2.75, 3.05) is 18.5 Å². The number of aromatic carboxylic acids is 1. The van der Waals surface area contributed by atoms with Crippen molar-refractivity contribution >= 4 is 33.6 Å². The van der Waals surface area contributed by atoms with Gasteiger partial charge in [-0.25, -0.2) is 9.59 Å². The van der Waals surface area contributed by atoms with Crippen LogP contribution >= 0.6 is 15.9 Å². The molecule has 1 saturated heterocycles. The van der Waals surface area contributed by atoms with Crippen LogP contribution < -0.4 is 10.6 Å². The van der Waals surface area contributed by atoms with E-state index in [9.17, 15) is 9.59 Å². The molecule has 7 heteroatoms. The van der Waals surface area contributed by atoms with Crippen LogP contribution in [0.2, 0.25) is 0 Å². The van der Waals surface area contributed by atoms with E-state index >= 15 is 0 Å². The van der Waals surface area contributed by atoms with Crippen molar-refractivity contribution in [2.24, 2.45) is 0 Å². The van der Waals surface area contributed by atoms with Gasteiger partial charge in [0.15, 0.2) is 0 Å². The highest BCUT2D eigenvalue weighted by Gasteiger charge is 2.15. The maximum absolute atomic E-state index is 11.8. The maximum Gasteiger partial charge on any atom is 0.335 e. The SMILES string of the molecule is O=C(NCC1CCCCO1)Nc1cc(Br)cc(C(=O)O)c1. The molecule has 114 valence electrons. The molecule has 2 amide bonds. The number of rotatable bonds is 4. The number of hydrogen-bond acceptors (Lipinski definition) is 3. The van der Waals surface area contributed by atoms with E-state index in [0.717, 1.165) is 25.9 Å². The van der Waals surface area contributed by atoms with Crippen LogP contribution in [0, 0.1) is 0 Å². The Morgan fingerprint density at radius 2 is 2.14 bits per heavy atom. The summed E-state index contributed by atoms with van der Waals surface area (Å²) >= 11 is 3.22. The topological polar surface area (TPSA) is 87.7 Å². The summed E-state index contributed by atoms with van der Waals surface area (Å²) in [5.74, 6) is -1.05. The van der Waals surface area contributed by atoms with Gasteiger partial charge in [0.1, 0.15) is 0 Å². The zero-order valence-corrected chi connectivity index (χ0v) is 13.0. The summed E-state index contributed by atoms with van der Waals surface area (Å²) in [5.41, 5.74) is 0.527. The van der Waals surface area contributed by atoms with Gasteiger partial charge in [-0.3, -0.25) is 0 Å². The van der Waals surface area contributed by atoms with E-state index in [4.69, 9.17) is 9.84 Å². The highest BCUT2D eigenvalue weighted by molar-refractivity contribution is 9.10. The molecule has 1 aromatic carbocycles. The van der Waals surface area contributed by atoms with Gasteiger partial charge in [0.05, 0.1) is 11.7 Å². The number of nitrogens with one attached hydrogen (secondary N) is 2. The standard InChI is InChI=1S/C14H17BrN2O4/c15-10-5-9(13(18)19)6-11(7-10)17-14(20)16-8-12-3-1-2-4-21-12/h5-7,12H,1-4,8H2,(H,18,19)(H2,16,17,20).